The van der Waals surface area contributed by atoms with Crippen LogP contribution in [0.3, 0.4) is 0 Å². The second-order valence-corrected chi connectivity index (χ2v) is 4.69. The van der Waals surface area contributed by atoms with E-state index in [1.165, 1.54) is 0 Å². The Hall–Kier alpha value is -2.63. The number of ether oxygens (including phenoxy) is 1. The topological polar surface area (TPSA) is 73.2 Å². The second kappa shape index (κ2) is 6.21. The quantitative estimate of drug-likeness (QED) is 0.852. The highest BCUT2D eigenvalue weighted by Gasteiger charge is 2.12. The minimum atomic E-state index is -0.256. The molecule has 2 aromatic rings. The van der Waals surface area contributed by atoms with Gasteiger partial charge in [0.25, 0.3) is 5.91 Å². The van der Waals surface area contributed by atoms with Crippen molar-refractivity contribution < 1.29 is 14.3 Å². The van der Waals surface area contributed by atoms with E-state index in [-0.39, 0.29) is 12.5 Å². The summed E-state index contributed by atoms with van der Waals surface area (Å²) < 4.78 is 7.08. The van der Waals surface area contributed by atoms with Crippen LogP contribution in [0.1, 0.15) is 21.7 Å². The Kier molecular flexibility index (Phi) is 4.37. The van der Waals surface area contributed by atoms with Crippen LogP contribution in [0.5, 0.6) is 5.75 Å². The number of hydrogen-bond donors (Lipinski definition) is 1. The van der Waals surface area contributed by atoms with Crippen molar-refractivity contribution in [1.82, 2.24) is 9.78 Å². The zero-order chi connectivity index (χ0) is 15.4. The number of aryl methyl sites for hydroxylation is 2. The number of aldehydes is 1. The molecule has 0 bridgehead atoms. The molecule has 1 aromatic heterocycles. The van der Waals surface area contributed by atoms with Crippen LogP contribution in [0.15, 0.2) is 24.3 Å². The van der Waals surface area contributed by atoms with Gasteiger partial charge in [0.15, 0.2) is 6.61 Å². The molecule has 1 aromatic carbocycles. The van der Waals surface area contributed by atoms with Gasteiger partial charge in [-0.25, -0.2) is 0 Å². The normalized spacial score (nSPS) is 10.2. The average Bonchev–Trinajstić information content (AvgIpc) is 2.72. The van der Waals surface area contributed by atoms with Gasteiger partial charge in [0.1, 0.15) is 12.0 Å². The van der Waals surface area contributed by atoms with Crippen molar-refractivity contribution in [3.05, 3.63) is 41.2 Å². The van der Waals surface area contributed by atoms with E-state index in [0.717, 1.165) is 17.7 Å². The molecule has 1 amide bonds. The van der Waals surface area contributed by atoms with Crippen LogP contribution in [0, 0.1) is 13.8 Å². The highest BCUT2D eigenvalue weighted by Crippen LogP contribution is 2.18. The summed E-state index contributed by atoms with van der Waals surface area (Å²) in [6, 6.07) is 6.57. The van der Waals surface area contributed by atoms with Gasteiger partial charge in [0.2, 0.25) is 0 Å². The second-order valence-electron chi connectivity index (χ2n) is 4.69. The summed E-state index contributed by atoms with van der Waals surface area (Å²) in [7, 11) is 1.82. The number of nitrogens with one attached hydrogen (secondary N) is 1. The first-order valence-electron chi connectivity index (χ1n) is 6.49. The highest BCUT2D eigenvalue weighted by molar-refractivity contribution is 5.93. The van der Waals surface area contributed by atoms with Crippen molar-refractivity contribution in [2.45, 2.75) is 13.8 Å². The van der Waals surface area contributed by atoms with Crippen LogP contribution in [-0.2, 0) is 11.8 Å². The molecule has 0 radical (unpaired) electrons. The van der Waals surface area contributed by atoms with Crippen molar-refractivity contribution in [2.75, 3.05) is 11.9 Å². The predicted octanol–water partition coefficient (Wildman–Crippen LogP) is 1.87. The van der Waals surface area contributed by atoms with E-state index in [4.69, 9.17) is 4.74 Å². The van der Waals surface area contributed by atoms with Crippen molar-refractivity contribution in [1.29, 1.82) is 0 Å². The molecule has 0 saturated heterocycles. The lowest BCUT2D eigenvalue weighted by molar-refractivity contribution is -0.118. The van der Waals surface area contributed by atoms with Crippen molar-refractivity contribution in [3.8, 4) is 5.75 Å². The van der Waals surface area contributed by atoms with Crippen LogP contribution in [0.25, 0.3) is 0 Å². The number of nitrogens with zero attached hydrogens (tertiary/aromatic N) is 2. The minimum Gasteiger partial charge on any atom is -0.484 e. The van der Waals surface area contributed by atoms with Crippen LogP contribution >= 0.6 is 0 Å². The standard InChI is InChI=1S/C15H17N3O3/c1-10-15(11(2)18(3)17-10)16-14(20)9-21-13-6-4-12(8-19)5-7-13/h4-8H,9H2,1-3H3,(H,16,20). The fourth-order valence-electron chi connectivity index (χ4n) is 1.92. The summed E-state index contributed by atoms with van der Waals surface area (Å²) in [6.45, 7) is 3.62. The number of carbonyl (C=O) groups excluding carboxylic acids is 2. The van der Waals surface area contributed by atoms with Crippen molar-refractivity contribution >= 4 is 17.9 Å². The van der Waals surface area contributed by atoms with Crippen LogP contribution in [0.4, 0.5) is 5.69 Å². The third-order valence-corrected chi connectivity index (χ3v) is 3.16. The zero-order valence-electron chi connectivity index (χ0n) is 12.2. The number of benzene rings is 1. The molecule has 0 unspecified atom stereocenters. The smallest absolute Gasteiger partial charge is 0.262 e. The first-order chi connectivity index (χ1) is 10.0. The minimum absolute atomic E-state index is 0.103. The van der Waals surface area contributed by atoms with E-state index >= 15 is 0 Å². The van der Waals surface area contributed by atoms with Gasteiger partial charge in [-0.1, -0.05) is 0 Å². The summed E-state index contributed by atoms with van der Waals surface area (Å²) in [4.78, 5) is 22.4. The Balaban J connectivity index is 1.94. The maximum Gasteiger partial charge on any atom is 0.262 e. The molecular weight excluding hydrogens is 270 g/mol. The Labute approximate surface area is 122 Å². The van der Waals surface area contributed by atoms with E-state index in [1.54, 1.807) is 28.9 Å². The van der Waals surface area contributed by atoms with E-state index < -0.39 is 0 Å². The lowest BCUT2D eigenvalue weighted by Crippen LogP contribution is -2.20. The molecule has 0 aliphatic rings. The Bertz CT molecular complexity index is 660. The largest absolute Gasteiger partial charge is 0.484 e. The van der Waals surface area contributed by atoms with Gasteiger partial charge in [-0.3, -0.25) is 14.3 Å². The molecule has 0 aliphatic heterocycles. The average molecular weight is 287 g/mol. The molecule has 21 heavy (non-hydrogen) atoms. The number of hydrogen-bond acceptors (Lipinski definition) is 4. The third-order valence-electron chi connectivity index (χ3n) is 3.16. The molecule has 6 heteroatoms. The fourth-order valence-corrected chi connectivity index (χ4v) is 1.92. The summed E-state index contributed by atoms with van der Waals surface area (Å²) in [6.07, 6.45) is 0.754. The van der Waals surface area contributed by atoms with E-state index in [9.17, 15) is 9.59 Å². The molecule has 0 atom stereocenters. The first-order valence-corrected chi connectivity index (χ1v) is 6.49. The number of aromatic nitrogens is 2. The number of carbonyl (C=O) groups is 2. The molecule has 2 rings (SSSR count). The molecule has 0 aliphatic carbocycles. The Morgan fingerprint density at radius 1 is 1.33 bits per heavy atom. The highest BCUT2D eigenvalue weighted by atomic mass is 16.5. The number of rotatable bonds is 5. The summed E-state index contributed by atoms with van der Waals surface area (Å²) in [5.74, 6) is 0.282. The van der Waals surface area contributed by atoms with Gasteiger partial charge in [0, 0.05) is 12.6 Å². The SMILES string of the molecule is Cc1nn(C)c(C)c1NC(=O)COc1ccc(C=O)cc1. The van der Waals surface area contributed by atoms with Gasteiger partial charge in [-0.05, 0) is 38.1 Å². The predicted molar refractivity (Wildman–Crippen MR) is 78.6 cm³/mol. The van der Waals surface area contributed by atoms with Crippen molar-refractivity contribution in [3.63, 3.8) is 0 Å². The fraction of sp³-hybridized carbons (Fsp3) is 0.267. The molecule has 0 spiro atoms. The maximum atomic E-state index is 11.9. The molecule has 0 saturated carbocycles. The maximum absolute atomic E-state index is 11.9. The lowest BCUT2D eigenvalue weighted by atomic mass is 10.2. The van der Waals surface area contributed by atoms with Gasteiger partial charge in [0.05, 0.1) is 17.1 Å². The van der Waals surface area contributed by atoms with Crippen LogP contribution in [0.2, 0.25) is 0 Å². The van der Waals surface area contributed by atoms with Gasteiger partial charge < -0.3 is 10.1 Å². The third kappa shape index (κ3) is 3.47. The van der Waals surface area contributed by atoms with E-state index in [0.29, 0.717) is 17.0 Å². The Morgan fingerprint density at radius 3 is 2.52 bits per heavy atom. The summed E-state index contributed by atoms with van der Waals surface area (Å²) in [5, 5.41) is 7.02. The molecule has 6 nitrogen and oxygen atoms in total. The summed E-state index contributed by atoms with van der Waals surface area (Å²) >= 11 is 0. The molecule has 110 valence electrons. The zero-order valence-corrected chi connectivity index (χ0v) is 12.2. The van der Waals surface area contributed by atoms with Crippen LogP contribution < -0.4 is 10.1 Å². The van der Waals surface area contributed by atoms with Crippen molar-refractivity contribution in [2.24, 2.45) is 7.05 Å². The molecule has 1 N–H and O–H groups in total. The van der Waals surface area contributed by atoms with Gasteiger partial charge in [-0.15, -0.1) is 0 Å². The van der Waals surface area contributed by atoms with Gasteiger partial charge >= 0.3 is 0 Å². The van der Waals surface area contributed by atoms with Gasteiger partial charge in [-0.2, -0.15) is 5.10 Å². The number of amides is 1. The molecule has 0 fully saturated rings. The molecular formula is C15H17N3O3. The Morgan fingerprint density at radius 2 is 2.00 bits per heavy atom. The van der Waals surface area contributed by atoms with E-state index in [1.807, 2.05) is 20.9 Å². The molecule has 1 heterocycles. The lowest BCUT2D eigenvalue weighted by Gasteiger charge is -2.08. The van der Waals surface area contributed by atoms with Crippen LogP contribution in [-0.4, -0.2) is 28.6 Å². The van der Waals surface area contributed by atoms with E-state index in [2.05, 4.69) is 10.4 Å². The monoisotopic (exact) mass is 287 g/mol. The summed E-state index contributed by atoms with van der Waals surface area (Å²) in [5.41, 5.74) is 2.92. The number of anilines is 1. The first kappa shape index (κ1) is 14.8.